The van der Waals surface area contributed by atoms with Crippen LogP contribution in [0.2, 0.25) is 0 Å². The van der Waals surface area contributed by atoms with Crippen molar-refractivity contribution in [2.75, 3.05) is 0 Å². The number of nitrogens with zero attached hydrogens (tertiary/aromatic N) is 2. The van der Waals surface area contributed by atoms with E-state index in [1.54, 1.807) is 0 Å². The molecule has 0 N–H and O–H groups in total. The van der Waals surface area contributed by atoms with Crippen LogP contribution in [0.15, 0.2) is 0 Å². The Bertz CT molecular complexity index is 284. The second kappa shape index (κ2) is 39.7. The van der Waals surface area contributed by atoms with Crippen LogP contribution in [0, 0.1) is 33.3 Å². The first kappa shape index (κ1) is 44.9. The summed E-state index contributed by atoms with van der Waals surface area (Å²) < 4.78 is 42.8. The summed E-state index contributed by atoms with van der Waals surface area (Å²) in [7, 11) is 0.259. The molecule has 0 aromatic heterocycles. The van der Waals surface area contributed by atoms with Crippen molar-refractivity contribution in [3.63, 3.8) is 0 Å². The summed E-state index contributed by atoms with van der Waals surface area (Å²) >= 11 is 0. The zero-order valence-electron chi connectivity index (χ0n) is 16.7. The molecule has 0 heterocycles. The molecule has 0 aromatic rings. The van der Waals surface area contributed by atoms with Crippen molar-refractivity contribution in [2.24, 2.45) is 0 Å². The fraction of sp³-hybridized carbons (Fsp3) is 0.706. The smallest absolute Gasteiger partial charge is 0 e. The van der Waals surface area contributed by atoms with Gasteiger partial charge >= 0.3 is 56.5 Å². The number of hydrogen-bond donors (Lipinski definition) is 0. The van der Waals surface area contributed by atoms with Gasteiger partial charge in [0.05, 0.1) is 0 Å². The van der Waals surface area contributed by atoms with E-state index in [9.17, 15) is 0 Å². The molecule has 0 aromatic carbocycles. The van der Waals surface area contributed by atoms with Crippen molar-refractivity contribution in [2.45, 2.75) is 79.6 Å². The molecule has 0 atom stereocenters. The van der Waals surface area contributed by atoms with Crippen molar-refractivity contribution in [1.82, 2.24) is 9.34 Å². The number of rotatable bonds is 6. The van der Waals surface area contributed by atoms with Crippen LogP contribution in [-0.4, -0.2) is 33.5 Å². The van der Waals surface area contributed by atoms with Gasteiger partial charge < -0.3 is 0 Å². The maximum atomic E-state index is 7.50. The van der Waals surface area contributed by atoms with Crippen molar-refractivity contribution in [1.29, 1.82) is 0 Å². The molecule has 0 saturated heterocycles. The van der Waals surface area contributed by atoms with E-state index < -0.39 is 0 Å². The van der Waals surface area contributed by atoms with Gasteiger partial charge in [-0.15, -0.1) is 0 Å². The standard InChI is InChI=1S/C12H29N2P.5CO.Mo/c1-9(2)13(10(3)4)15-14(11(5)6)12(7)8;5*1-2;/h9-12,15H,1-8H3;;;;;;/p+1. The van der Waals surface area contributed by atoms with E-state index in [4.69, 9.17) is 23.3 Å². The third kappa shape index (κ3) is 31.5. The van der Waals surface area contributed by atoms with Crippen LogP contribution < -0.4 is 0 Å². The van der Waals surface area contributed by atoms with Crippen LogP contribution >= 0.6 is 8.88 Å². The van der Waals surface area contributed by atoms with E-state index in [2.05, 4.69) is 98.0 Å². The van der Waals surface area contributed by atoms with Gasteiger partial charge in [0.25, 0.3) is 0 Å². The van der Waals surface area contributed by atoms with Gasteiger partial charge in [-0.1, -0.05) is 0 Å². The van der Waals surface area contributed by atoms with Gasteiger partial charge in [-0.2, -0.15) is 9.34 Å². The Balaban J connectivity index is -0.0000000563. The van der Waals surface area contributed by atoms with Crippen LogP contribution in [0.3, 0.4) is 0 Å². The van der Waals surface area contributed by atoms with E-state index in [-0.39, 0.29) is 29.9 Å². The first-order chi connectivity index (χ1) is 11.8. The topological polar surface area (TPSA) is 106 Å². The van der Waals surface area contributed by atoms with Crippen molar-refractivity contribution < 1.29 is 44.3 Å². The van der Waals surface area contributed by atoms with Crippen molar-refractivity contribution in [3.05, 3.63) is 33.3 Å². The largest absolute Gasteiger partial charge is 0 e. The summed E-state index contributed by atoms with van der Waals surface area (Å²) in [4.78, 5) is 0. The molecule has 0 amide bonds. The maximum Gasteiger partial charge on any atom is 0 e. The third-order valence-electron chi connectivity index (χ3n) is 2.65. The summed E-state index contributed by atoms with van der Waals surface area (Å²) in [5, 5.41) is 0. The minimum absolute atomic E-state index is 0. The fourth-order valence-electron chi connectivity index (χ4n) is 1.88. The first-order valence-electron chi connectivity index (χ1n) is 7.19. The molecule has 148 valence electrons. The molecule has 0 bridgehead atoms. The molecule has 0 fully saturated rings. The van der Waals surface area contributed by atoms with E-state index in [1.807, 2.05) is 0 Å². The molecule has 0 unspecified atom stereocenters. The molecule has 26 heavy (non-hydrogen) atoms. The Morgan fingerprint density at radius 1 is 0.462 bits per heavy atom. The predicted molar refractivity (Wildman–Crippen MR) is 93.6 cm³/mol. The van der Waals surface area contributed by atoms with Gasteiger partial charge in [-0.3, -0.25) is 0 Å². The molecule has 0 aliphatic carbocycles. The summed E-state index contributed by atoms with van der Waals surface area (Å²) in [5.74, 6) is 0. The number of hydrogen-bond acceptors (Lipinski definition) is 2. The second-order valence-electron chi connectivity index (χ2n) is 5.38. The van der Waals surface area contributed by atoms with Crippen molar-refractivity contribution >= 4 is 8.88 Å². The molecule has 7 nitrogen and oxygen atoms in total. The van der Waals surface area contributed by atoms with Gasteiger partial charge in [-0.05, 0) is 55.4 Å². The second-order valence-corrected chi connectivity index (χ2v) is 6.81. The Morgan fingerprint density at radius 2 is 0.577 bits per heavy atom. The Labute approximate surface area is 175 Å². The zero-order valence-corrected chi connectivity index (χ0v) is 19.9. The Kier molecular flexibility index (Phi) is 68.5. The van der Waals surface area contributed by atoms with E-state index in [0.717, 1.165) is 0 Å². The summed E-state index contributed by atoms with van der Waals surface area (Å²) in [6, 6.07) is 2.61. The molecule has 0 aliphatic heterocycles. The monoisotopic (exact) mass is 471 g/mol. The molecule has 0 aliphatic rings. The van der Waals surface area contributed by atoms with Gasteiger partial charge in [0.1, 0.15) is 8.88 Å². The SMILES string of the molecule is CC(C)N([PH2+]N(C(C)C)C(C)C)C(C)C.[C-]#[O+].[C-]#[O+].[C-]#[O+].[C-]#[O+].[C-]#[O+].[Mo]. The summed E-state index contributed by atoms with van der Waals surface area (Å²) in [6.45, 7) is 40.9. The average Bonchev–Trinajstić information content (AvgIpc) is 2.62. The minimum atomic E-state index is 0. The van der Waals surface area contributed by atoms with Crippen LogP contribution in [0.25, 0.3) is 0 Å². The quantitative estimate of drug-likeness (QED) is 0.258. The summed E-state index contributed by atoms with van der Waals surface area (Å²) in [6.07, 6.45) is 0. The molecule has 0 spiro atoms. The van der Waals surface area contributed by atoms with E-state index >= 15 is 0 Å². The zero-order chi connectivity index (χ0) is 22.2. The van der Waals surface area contributed by atoms with Gasteiger partial charge in [0.2, 0.25) is 0 Å². The normalized spacial score (nSPS) is 8.00. The molecule has 0 radical (unpaired) electrons. The third-order valence-corrected chi connectivity index (χ3v) is 5.57. The first-order valence-corrected chi connectivity index (χ1v) is 8.22. The van der Waals surface area contributed by atoms with Crippen LogP contribution in [0.4, 0.5) is 0 Å². The molecule has 0 rings (SSSR count). The van der Waals surface area contributed by atoms with E-state index in [1.165, 1.54) is 0 Å². The minimum Gasteiger partial charge on any atom is 0 e. The average molecular weight is 469 g/mol. The van der Waals surface area contributed by atoms with Crippen LogP contribution in [0.1, 0.15) is 55.4 Å². The van der Waals surface area contributed by atoms with E-state index in [0.29, 0.717) is 24.2 Å². The Hall–Kier alpha value is -0.262. The van der Waals surface area contributed by atoms with Gasteiger partial charge in [-0.25, -0.2) is 0 Å². The Morgan fingerprint density at radius 3 is 0.654 bits per heavy atom. The fourth-order valence-corrected chi connectivity index (χ4v) is 3.25. The predicted octanol–water partition coefficient (Wildman–Crippen LogP) is 3.27. The molecular formula is C17H30MoN2O5P+. The molecule has 9 heteroatoms. The van der Waals surface area contributed by atoms with Gasteiger partial charge in [0.15, 0.2) is 0 Å². The molecule has 0 saturated carbocycles. The summed E-state index contributed by atoms with van der Waals surface area (Å²) in [5.41, 5.74) is 0. The van der Waals surface area contributed by atoms with Crippen molar-refractivity contribution in [3.8, 4) is 0 Å². The van der Waals surface area contributed by atoms with Gasteiger partial charge in [0, 0.05) is 45.2 Å². The maximum absolute atomic E-state index is 7.50. The van der Waals surface area contributed by atoms with Crippen LogP contribution in [-0.2, 0) is 44.3 Å². The molecular weight excluding hydrogens is 439 g/mol. The van der Waals surface area contributed by atoms with Crippen LogP contribution in [0.5, 0.6) is 0 Å².